The maximum atomic E-state index is 12.0. The second-order valence-corrected chi connectivity index (χ2v) is 5.10. The molecule has 0 bridgehead atoms. The number of carbonyl (C=O) groups is 1. The summed E-state index contributed by atoms with van der Waals surface area (Å²) in [5.41, 5.74) is 1.72. The van der Waals surface area contributed by atoms with E-state index in [1.54, 1.807) is 13.8 Å². The zero-order valence-electron chi connectivity index (χ0n) is 10.2. The lowest BCUT2D eigenvalue weighted by Gasteiger charge is -2.20. The fourth-order valence-electron chi connectivity index (χ4n) is 2.18. The number of carbonyl (C=O) groups excluding carboxylic acids is 1. The third-order valence-corrected chi connectivity index (χ3v) is 3.14. The van der Waals surface area contributed by atoms with Crippen LogP contribution < -0.4 is 5.32 Å². The Bertz CT molecular complexity index is 460. The Hall–Kier alpha value is -1.82. The van der Waals surface area contributed by atoms with Crippen LogP contribution in [0.2, 0.25) is 0 Å². The Morgan fingerprint density at radius 3 is 2.35 bits per heavy atom. The molecule has 2 rings (SSSR count). The number of fused-ring (bicyclic) bond motifs is 1. The van der Waals surface area contributed by atoms with Crippen molar-refractivity contribution in [2.45, 2.75) is 32.2 Å². The highest BCUT2D eigenvalue weighted by molar-refractivity contribution is 5.81. The molecule has 1 N–H and O–H groups in total. The summed E-state index contributed by atoms with van der Waals surface area (Å²) in [6.07, 6.45) is 1.56. The number of hydrogen-bond donors (Lipinski definition) is 1. The van der Waals surface area contributed by atoms with Crippen LogP contribution in [0.5, 0.6) is 0 Å². The number of nitrogens with one attached hydrogen (secondary N) is 1. The van der Waals surface area contributed by atoms with Crippen LogP contribution >= 0.6 is 0 Å². The Balaban J connectivity index is 2.04. The van der Waals surface area contributed by atoms with Gasteiger partial charge in [-0.25, -0.2) is 0 Å². The van der Waals surface area contributed by atoms with Crippen molar-refractivity contribution in [3.63, 3.8) is 0 Å². The minimum atomic E-state index is -0.786. The van der Waals surface area contributed by atoms with E-state index in [0.717, 1.165) is 12.8 Å². The molecule has 1 aliphatic rings. The third-order valence-electron chi connectivity index (χ3n) is 3.14. The standard InChI is InChI=1S/C14H16N2O/c1-14(2,9-15)16-13(17)12-7-10-5-3-4-6-11(10)8-12/h3-6,12H,7-8H2,1-2H3,(H,16,17). The first-order valence-electron chi connectivity index (χ1n) is 5.82. The second-order valence-electron chi connectivity index (χ2n) is 5.10. The van der Waals surface area contributed by atoms with Gasteiger partial charge in [0.2, 0.25) is 5.91 Å². The molecule has 1 aromatic carbocycles. The van der Waals surface area contributed by atoms with Crippen molar-refractivity contribution >= 4 is 5.91 Å². The van der Waals surface area contributed by atoms with Gasteiger partial charge in [0.25, 0.3) is 0 Å². The van der Waals surface area contributed by atoms with Gasteiger partial charge in [-0.1, -0.05) is 24.3 Å². The molecule has 0 spiro atoms. The first-order valence-corrected chi connectivity index (χ1v) is 5.82. The minimum absolute atomic E-state index is 0.0206. The van der Waals surface area contributed by atoms with E-state index >= 15 is 0 Å². The molecular formula is C14H16N2O. The highest BCUT2D eigenvalue weighted by Gasteiger charge is 2.30. The van der Waals surface area contributed by atoms with Crippen LogP contribution in [0, 0.1) is 17.2 Å². The summed E-state index contributed by atoms with van der Waals surface area (Å²) >= 11 is 0. The molecule has 0 aromatic heterocycles. The van der Waals surface area contributed by atoms with Gasteiger partial charge < -0.3 is 5.32 Å². The lowest BCUT2D eigenvalue weighted by molar-refractivity contribution is -0.125. The summed E-state index contributed by atoms with van der Waals surface area (Å²) in [5, 5.41) is 11.7. The third kappa shape index (κ3) is 2.47. The van der Waals surface area contributed by atoms with Crippen molar-refractivity contribution in [2.75, 3.05) is 0 Å². The molecule has 17 heavy (non-hydrogen) atoms. The number of nitrogens with zero attached hydrogens (tertiary/aromatic N) is 1. The summed E-state index contributed by atoms with van der Waals surface area (Å²) in [4.78, 5) is 12.0. The molecule has 0 unspecified atom stereocenters. The van der Waals surface area contributed by atoms with Crippen molar-refractivity contribution in [2.24, 2.45) is 5.92 Å². The Labute approximate surface area is 101 Å². The quantitative estimate of drug-likeness (QED) is 0.839. The van der Waals surface area contributed by atoms with Gasteiger partial charge in [-0.3, -0.25) is 4.79 Å². The van der Waals surface area contributed by atoms with Gasteiger partial charge in [-0.2, -0.15) is 5.26 Å². The summed E-state index contributed by atoms with van der Waals surface area (Å²) in [7, 11) is 0. The first-order chi connectivity index (χ1) is 8.02. The Morgan fingerprint density at radius 2 is 1.88 bits per heavy atom. The molecule has 3 nitrogen and oxygen atoms in total. The molecule has 1 aromatic rings. The lowest BCUT2D eigenvalue weighted by Crippen LogP contribution is -2.45. The fraction of sp³-hybridized carbons (Fsp3) is 0.429. The molecule has 0 fully saturated rings. The summed E-state index contributed by atoms with van der Waals surface area (Å²) in [6, 6.07) is 10.2. The van der Waals surface area contributed by atoms with E-state index in [0.29, 0.717) is 0 Å². The average Bonchev–Trinajstić information content (AvgIpc) is 2.72. The Morgan fingerprint density at radius 1 is 1.35 bits per heavy atom. The molecule has 1 amide bonds. The van der Waals surface area contributed by atoms with Crippen molar-refractivity contribution in [3.05, 3.63) is 35.4 Å². The molecule has 1 aliphatic carbocycles. The van der Waals surface area contributed by atoms with Gasteiger partial charge in [0.05, 0.1) is 6.07 Å². The number of amides is 1. The first kappa shape index (κ1) is 11.7. The summed E-state index contributed by atoms with van der Waals surface area (Å²) in [5.74, 6) is -0.0484. The molecule has 0 heterocycles. The molecule has 3 heteroatoms. The van der Waals surface area contributed by atoms with E-state index < -0.39 is 5.54 Å². The van der Waals surface area contributed by atoms with E-state index in [4.69, 9.17) is 5.26 Å². The molecule has 0 radical (unpaired) electrons. The molecule has 88 valence electrons. The monoisotopic (exact) mass is 228 g/mol. The van der Waals surface area contributed by atoms with Crippen LogP contribution in [0.4, 0.5) is 0 Å². The van der Waals surface area contributed by atoms with E-state index in [2.05, 4.69) is 23.5 Å². The van der Waals surface area contributed by atoms with Gasteiger partial charge in [0, 0.05) is 5.92 Å². The van der Waals surface area contributed by atoms with Crippen molar-refractivity contribution in [1.82, 2.24) is 5.32 Å². The molecular weight excluding hydrogens is 212 g/mol. The second kappa shape index (κ2) is 4.21. The Kier molecular flexibility index (Phi) is 2.89. The largest absolute Gasteiger partial charge is 0.338 e. The zero-order chi connectivity index (χ0) is 12.5. The van der Waals surface area contributed by atoms with Crippen LogP contribution in [-0.4, -0.2) is 11.4 Å². The van der Waals surface area contributed by atoms with Gasteiger partial charge in [-0.05, 0) is 37.8 Å². The van der Waals surface area contributed by atoms with E-state index in [1.807, 2.05) is 12.1 Å². The smallest absolute Gasteiger partial charge is 0.225 e. The fourth-order valence-corrected chi connectivity index (χ4v) is 2.18. The molecule has 0 saturated heterocycles. The number of benzene rings is 1. The van der Waals surface area contributed by atoms with Crippen molar-refractivity contribution in [3.8, 4) is 6.07 Å². The summed E-state index contributed by atoms with van der Waals surface area (Å²) in [6.45, 7) is 3.43. The van der Waals surface area contributed by atoms with Gasteiger partial charge in [-0.15, -0.1) is 0 Å². The lowest BCUT2D eigenvalue weighted by atomic mass is 10.0. The highest BCUT2D eigenvalue weighted by atomic mass is 16.2. The number of rotatable bonds is 2. The number of nitriles is 1. The molecule has 0 atom stereocenters. The average molecular weight is 228 g/mol. The highest BCUT2D eigenvalue weighted by Crippen LogP contribution is 2.26. The molecule has 0 saturated carbocycles. The zero-order valence-corrected chi connectivity index (χ0v) is 10.2. The van der Waals surface area contributed by atoms with Gasteiger partial charge in [0.1, 0.15) is 5.54 Å². The topological polar surface area (TPSA) is 52.9 Å². The van der Waals surface area contributed by atoms with Crippen LogP contribution in [0.15, 0.2) is 24.3 Å². The number of hydrogen-bond acceptors (Lipinski definition) is 2. The van der Waals surface area contributed by atoms with E-state index in [-0.39, 0.29) is 11.8 Å². The van der Waals surface area contributed by atoms with Crippen molar-refractivity contribution in [1.29, 1.82) is 5.26 Å². The predicted molar refractivity (Wildman–Crippen MR) is 65.2 cm³/mol. The maximum Gasteiger partial charge on any atom is 0.225 e. The SMILES string of the molecule is CC(C)(C#N)NC(=O)C1Cc2ccccc2C1. The summed E-state index contributed by atoms with van der Waals surface area (Å²) < 4.78 is 0. The minimum Gasteiger partial charge on any atom is -0.338 e. The van der Waals surface area contributed by atoms with E-state index in [9.17, 15) is 4.79 Å². The van der Waals surface area contributed by atoms with Crippen LogP contribution in [0.1, 0.15) is 25.0 Å². The van der Waals surface area contributed by atoms with Crippen molar-refractivity contribution < 1.29 is 4.79 Å². The van der Waals surface area contributed by atoms with Gasteiger partial charge in [0.15, 0.2) is 0 Å². The van der Waals surface area contributed by atoms with Gasteiger partial charge >= 0.3 is 0 Å². The normalized spacial score (nSPS) is 15.1. The molecule has 0 aliphatic heterocycles. The van der Waals surface area contributed by atoms with Crippen LogP contribution in [0.3, 0.4) is 0 Å². The van der Waals surface area contributed by atoms with Crippen LogP contribution in [-0.2, 0) is 17.6 Å². The van der Waals surface area contributed by atoms with Crippen LogP contribution in [0.25, 0.3) is 0 Å². The van der Waals surface area contributed by atoms with E-state index in [1.165, 1.54) is 11.1 Å². The maximum absolute atomic E-state index is 12.0. The predicted octanol–water partition coefficient (Wildman–Crippen LogP) is 1.82.